The van der Waals surface area contributed by atoms with Crippen LogP contribution in [0.25, 0.3) is 33.1 Å². The second kappa shape index (κ2) is 5.87. The van der Waals surface area contributed by atoms with E-state index in [4.69, 9.17) is 16.0 Å². The molecule has 8 heteroatoms. The van der Waals surface area contributed by atoms with Crippen LogP contribution in [0.15, 0.2) is 47.0 Å². The van der Waals surface area contributed by atoms with Crippen molar-refractivity contribution in [3.63, 3.8) is 0 Å². The van der Waals surface area contributed by atoms with Gasteiger partial charge in [0.05, 0.1) is 12.8 Å². The van der Waals surface area contributed by atoms with Crippen molar-refractivity contribution in [2.75, 3.05) is 6.26 Å². The number of aromatic amines is 1. The Morgan fingerprint density at radius 2 is 2.08 bits per heavy atom. The second-order valence-corrected chi connectivity index (χ2v) is 8.05. The molecule has 4 aromatic rings. The number of rotatable bonds is 4. The Labute approximate surface area is 148 Å². The molecule has 2 N–H and O–H groups in total. The van der Waals surface area contributed by atoms with Gasteiger partial charge < -0.3 is 9.40 Å². The molecular weight excluding hydrogens is 362 g/mol. The molecule has 0 spiro atoms. The predicted octanol–water partition coefficient (Wildman–Crippen LogP) is 3.68. The van der Waals surface area contributed by atoms with Gasteiger partial charge in [-0.2, -0.15) is 0 Å². The minimum absolute atomic E-state index is 0.0223. The van der Waals surface area contributed by atoms with E-state index in [0.29, 0.717) is 22.0 Å². The number of hydrogen-bond donors (Lipinski definition) is 2. The molecule has 128 valence electrons. The Morgan fingerprint density at radius 1 is 1.24 bits per heavy atom. The zero-order chi connectivity index (χ0) is 17.6. The Kier molecular flexibility index (Phi) is 3.79. The molecule has 0 aliphatic carbocycles. The van der Waals surface area contributed by atoms with Gasteiger partial charge in [0.15, 0.2) is 5.58 Å². The normalized spacial score (nSPS) is 12.2. The number of aromatic nitrogens is 2. The largest absolute Gasteiger partial charge is 0.439 e. The van der Waals surface area contributed by atoms with Crippen molar-refractivity contribution >= 4 is 43.6 Å². The fraction of sp³-hybridized carbons (Fsp3) is 0.118. The summed E-state index contributed by atoms with van der Waals surface area (Å²) in [5.41, 5.74) is 4.24. The van der Waals surface area contributed by atoms with Crippen LogP contribution in [-0.4, -0.2) is 24.6 Å². The molecule has 0 aliphatic heterocycles. The van der Waals surface area contributed by atoms with E-state index in [-0.39, 0.29) is 6.54 Å². The Bertz CT molecular complexity index is 1190. The van der Waals surface area contributed by atoms with Crippen LogP contribution in [-0.2, 0) is 16.6 Å². The number of nitrogens with one attached hydrogen (secondary N) is 2. The highest BCUT2D eigenvalue weighted by atomic mass is 35.5. The van der Waals surface area contributed by atoms with Gasteiger partial charge in [-0.25, -0.2) is 18.1 Å². The van der Waals surface area contributed by atoms with Crippen LogP contribution in [0, 0.1) is 0 Å². The molecule has 0 radical (unpaired) electrons. The number of nitrogens with zero attached hydrogens (tertiary/aromatic N) is 1. The van der Waals surface area contributed by atoms with E-state index < -0.39 is 10.0 Å². The predicted molar refractivity (Wildman–Crippen MR) is 98.0 cm³/mol. The summed E-state index contributed by atoms with van der Waals surface area (Å²) < 4.78 is 30.4. The number of sulfonamides is 1. The molecule has 0 aliphatic rings. The van der Waals surface area contributed by atoms with Gasteiger partial charge in [0.1, 0.15) is 5.52 Å². The van der Waals surface area contributed by atoms with Crippen LogP contribution < -0.4 is 4.72 Å². The summed E-state index contributed by atoms with van der Waals surface area (Å²) >= 11 is 6.02. The first-order chi connectivity index (χ1) is 11.9. The summed E-state index contributed by atoms with van der Waals surface area (Å²) in [4.78, 5) is 7.50. The number of halogens is 1. The number of hydrogen-bond acceptors (Lipinski definition) is 4. The smallest absolute Gasteiger partial charge is 0.210 e. The molecule has 0 atom stereocenters. The summed E-state index contributed by atoms with van der Waals surface area (Å²) in [5.74, 6) is 0.322. The maximum absolute atomic E-state index is 11.2. The second-order valence-electron chi connectivity index (χ2n) is 5.78. The van der Waals surface area contributed by atoms with Crippen molar-refractivity contribution in [2.45, 2.75) is 6.54 Å². The maximum atomic E-state index is 11.2. The van der Waals surface area contributed by atoms with E-state index in [1.165, 1.54) is 0 Å². The van der Waals surface area contributed by atoms with Gasteiger partial charge in [0.25, 0.3) is 0 Å². The first-order valence-corrected chi connectivity index (χ1v) is 9.77. The molecule has 2 aromatic carbocycles. The molecule has 0 bridgehead atoms. The minimum Gasteiger partial charge on any atom is -0.439 e. The highest BCUT2D eigenvalue weighted by Gasteiger charge is 2.12. The summed E-state index contributed by atoms with van der Waals surface area (Å²) in [6.45, 7) is 0.0223. The van der Waals surface area contributed by atoms with Gasteiger partial charge in [-0.05, 0) is 29.8 Å². The van der Waals surface area contributed by atoms with Crippen molar-refractivity contribution in [1.29, 1.82) is 0 Å². The van der Waals surface area contributed by atoms with Gasteiger partial charge in [0, 0.05) is 27.7 Å². The Balaban J connectivity index is 1.73. The quantitative estimate of drug-likeness (QED) is 0.569. The van der Waals surface area contributed by atoms with Crippen molar-refractivity contribution < 1.29 is 12.8 Å². The third-order valence-electron chi connectivity index (χ3n) is 3.87. The van der Waals surface area contributed by atoms with Gasteiger partial charge in [-0.15, -0.1) is 0 Å². The summed E-state index contributed by atoms with van der Waals surface area (Å²) in [7, 11) is -3.30. The monoisotopic (exact) mass is 375 g/mol. The minimum atomic E-state index is -3.30. The zero-order valence-electron chi connectivity index (χ0n) is 13.2. The highest BCUT2D eigenvalue weighted by molar-refractivity contribution is 7.88. The molecular formula is C17H14ClN3O3S. The maximum Gasteiger partial charge on any atom is 0.210 e. The van der Waals surface area contributed by atoms with E-state index in [1.54, 1.807) is 0 Å². The average Bonchev–Trinajstić information content (AvgIpc) is 3.14. The summed E-state index contributed by atoms with van der Waals surface area (Å²) in [6.07, 6.45) is 3.02. The highest BCUT2D eigenvalue weighted by Crippen LogP contribution is 2.32. The molecule has 0 saturated carbocycles. The summed E-state index contributed by atoms with van der Waals surface area (Å²) in [5, 5.41) is 1.73. The van der Waals surface area contributed by atoms with Crippen LogP contribution in [0.5, 0.6) is 0 Å². The van der Waals surface area contributed by atoms with E-state index in [2.05, 4.69) is 14.7 Å². The topological polar surface area (TPSA) is 88.0 Å². The van der Waals surface area contributed by atoms with Gasteiger partial charge in [-0.1, -0.05) is 23.7 Å². The first-order valence-electron chi connectivity index (χ1n) is 7.50. The fourth-order valence-corrected chi connectivity index (χ4v) is 3.30. The molecule has 2 heterocycles. The number of fused-ring (bicyclic) bond motifs is 2. The van der Waals surface area contributed by atoms with Crippen LogP contribution in [0.3, 0.4) is 0 Å². The molecule has 0 unspecified atom stereocenters. The van der Waals surface area contributed by atoms with Gasteiger partial charge in [-0.3, -0.25) is 0 Å². The van der Waals surface area contributed by atoms with Crippen molar-refractivity contribution in [1.82, 2.24) is 14.7 Å². The zero-order valence-corrected chi connectivity index (χ0v) is 14.8. The van der Waals surface area contributed by atoms with E-state index in [0.717, 1.165) is 28.3 Å². The standard InChI is InChI=1S/C17H14ClN3O3S/c1-25(22,23)20-9-17-21-14-5-2-10(6-16(14)24-17)13-8-19-15-7-11(18)3-4-12(13)15/h2-8,19-20H,9H2,1H3. The van der Waals surface area contributed by atoms with Gasteiger partial charge in [0.2, 0.25) is 15.9 Å². The van der Waals surface area contributed by atoms with Crippen LogP contribution in [0.4, 0.5) is 0 Å². The van der Waals surface area contributed by atoms with Crippen molar-refractivity contribution in [3.8, 4) is 11.1 Å². The molecule has 0 saturated heterocycles. The summed E-state index contributed by atoms with van der Waals surface area (Å²) in [6, 6.07) is 11.4. The lowest BCUT2D eigenvalue weighted by molar-refractivity contribution is 0.515. The molecule has 6 nitrogen and oxygen atoms in total. The molecule has 0 fully saturated rings. The lowest BCUT2D eigenvalue weighted by Crippen LogP contribution is -2.21. The van der Waals surface area contributed by atoms with E-state index in [9.17, 15) is 8.42 Å². The fourth-order valence-electron chi connectivity index (χ4n) is 2.75. The van der Waals surface area contributed by atoms with E-state index >= 15 is 0 Å². The average molecular weight is 376 g/mol. The third-order valence-corrected chi connectivity index (χ3v) is 4.78. The number of oxazole rings is 1. The number of benzene rings is 2. The lowest BCUT2D eigenvalue weighted by atomic mass is 10.0. The number of H-pyrrole nitrogens is 1. The van der Waals surface area contributed by atoms with Crippen molar-refractivity contribution in [3.05, 3.63) is 53.5 Å². The first kappa shape index (κ1) is 16.1. The Morgan fingerprint density at radius 3 is 2.88 bits per heavy atom. The molecule has 4 rings (SSSR count). The Hall–Kier alpha value is -2.35. The van der Waals surface area contributed by atoms with Crippen LogP contribution >= 0.6 is 11.6 Å². The van der Waals surface area contributed by atoms with Crippen LogP contribution in [0.2, 0.25) is 5.02 Å². The molecule has 0 amide bonds. The lowest BCUT2D eigenvalue weighted by Gasteiger charge is -1.99. The van der Waals surface area contributed by atoms with Crippen molar-refractivity contribution in [2.24, 2.45) is 0 Å². The van der Waals surface area contributed by atoms with Gasteiger partial charge >= 0.3 is 0 Å². The van der Waals surface area contributed by atoms with E-state index in [1.807, 2.05) is 42.6 Å². The van der Waals surface area contributed by atoms with Crippen LogP contribution in [0.1, 0.15) is 5.89 Å². The molecule has 25 heavy (non-hydrogen) atoms. The molecule has 2 aromatic heterocycles. The third kappa shape index (κ3) is 3.26. The SMILES string of the molecule is CS(=O)(=O)NCc1nc2ccc(-c3c[nH]c4cc(Cl)ccc34)cc2o1.